The average Bonchev–Trinajstić information content (AvgIpc) is 2.70. The van der Waals surface area contributed by atoms with Gasteiger partial charge in [-0.05, 0) is 49.9 Å². The number of methoxy groups -OCH3 is 1. The Balaban J connectivity index is 1.64. The predicted octanol–water partition coefficient (Wildman–Crippen LogP) is 2.95. The molecule has 0 amide bonds. The fourth-order valence-corrected chi connectivity index (χ4v) is 2.71. The molecule has 0 radical (unpaired) electrons. The largest absolute Gasteiger partial charge is 0.497 e. The van der Waals surface area contributed by atoms with E-state index in [1.54, 1.807) is 7.11 Å². The molecule has 2 saturated heterocycles. The minimum Gasteiger partial charge on any atom is -0.497 e. The van der Waals surface area contributed by atoms with Crippen molar-refractivity contribution in [3.8, 4) is 5.75 Å². The van der Waals surface area contributed by atoms with E-state index >= 15 is 0 Å². The number of benzene rings is 1. The molecule has 1 N–H and O–H groups in total. The van der Waals surface area contributed by atoms with Gasteiger partial charge >= 0.3 is 0 Å². The molecule has 0 saturated carbocycles. The number of hydroxylamine groups is 1. The smallest absolute Gasteiger partial charge is 0.226 e. The van der Waals surface area contributed by atoms with Crippen LogP contribution in [-0.4, -0.2) is 38.7 Å². The van der Waals surface area contributed by atoms with Gasteiger partial charge in [-0.25, -0.2) is 10.3 Å². The fraction of sp³-hybridized carbons (Fsp3) is 0.611. The van der Waals surface area contributed by atoms with E-state index in [0.717, 1.165) is 49.8 Å². The van der Waals surface area contributed by atoms with Crippen LogP contribution in [0.25, 0.3) is 0 Å². The molecule has 2 heterocycles. The first-order valence-electron chi connectivity index (χ1n) is 8.88. The maximum Gasteiger partial charge on any atom is 0.226 e. The summed E-state index contributed by atoms with van der Waals surface area (Å²) in [6, 6.07) is 7.50. The lowest BCUT2D eigenvalue weighted by atomic mass is 10.2. The number of oxime groups is 1. The van der Waals surface area contributed by atoms with Crippen LogP contribution in [-0.2, 0) is 19.1 Å². The number of rotatable bonds is 6. The molecule has 1 aromatic rings. The molecular weight excluding hydrogens is 324 g/mol. The molecule has 0 aliphatic carbocycles. The minimum atomic E-state index is -0.310. The molecule has 7 heteroatoms. The average molecular weight is 350 g/mol. The Morgan fingerprint density at radius 1 is 1.00 bits per heavy atom. The standard InChI is InChI=1S/C18H26N2O5/c1-21-15-10-8-14(9-11-15)18(19-24-16-6-2-4-12-22-16)20-25-17-7-3-5-13-23-17/h8-11,16-17H,2-7,12-13H2,1H3,(H,19,20). The number of ether oxygens (including phenoxy) is 3. The van der Waals surface area contributed by atoms with Crippen LogP contribution in [0.2, 0.25) is 0 Å². The summed E-state index contributed by atoms with van der Waals surface area (Å²) in [7, 11) is 1.63. The quantitative estimate of drug-likeness (QED) is 0.483. The van der Waals surface area contributed by atoms with Gasteiger partial charge in [-0.3, -0.25) is 0 Å². The van der Waals surface area contributed by atoms with Crippen LogP contribution in [0.5, 0.6) is 5.75 Å². The Hall–Kier alpha value is -1.83. The number of nitrogens with one attached hydrogen (secondary N) is 1. The van der Waals surface area contributed by atoms with Crippen LogP contribution in [0, 0.1) is 0 Å². The molecule has 25 heavy (non-hydrogen) atoms. The third-order valence-electron chi connectivity index (χ3n) is 4.19. The number of hydrogen-bond donors (Lipinski definition) is 1. The molecule has 1 aromatic carbocycles. The second-order valence-electron chi connectivity index (χ2n) is 6.09. The maximum atomic E-state index is 5.64. The van der Waals surface area contributed by atoms with Crippen molar-refractivity contribution in [1.82, 2.24) is 5.48 Å². The van der Waals surface area contributed by atoms with Crippen molar-refractivity contribution in [3.63, 3.8) is 0 Å². The molecule has 0 spiro atoms. The lowest BCUT2D eigenvalue weighted by Gasteiger charge is -2.24. The molecule has 3 rings (SSSR count). The molecule has 2 atom stereocenters. The molecule has 0 bridgehead atoms. The van der Waals surface area contributed by atoms with Gasteiger partial charge in [0, 0.05) is 25.0 Å². The van der Waals surface area contributed by atoms with E-state index in [1.807, 2.05) is 24.3 Å². The van der Waals surface area contributed by atoms with Crippen LogP contribution in [0.1, 0.15) is 44.1 Å². The lowest BCUT2D eigenvalue weighted by Crippen LogP contribution is -2.34. The molecule has 7 nitrogen and oxygen atoms in total. The van der Waals surface area contributed by atoms with Gasteiger partial charge in [0.25, 0.3) is 0 Å². The van der Waals surface area contributed by atoms with Crippen molar-refractivity contribution in [2.24, 2.45) is 5.16 Å². The Kier molecular flexibility index (Phi) is 6.90. The number of amidine groups is 1. The van der Waals surface area contributed by atoms with E-state index in [1.165, 1.54) is 0 Å². The minimum absolute atomic E-state index is 0.275. The SMILES string of the molecule is COc1ccc(/C(=N\OC2CCCCO2)NOC2CCCCO2)cc1. The van der Waals surface area contributed by atoms with Crippen LogP contribution in [0.15, 0.2) is 29.4 Å². The van der Waals surface area contributed by atoms with Gasteiger partial charge in [-0.15, -0.1) is 0 Å². The molecule has 2 aliphatic heterocycles. The lowest BCUT2D eigenvalue weighted by molar-refractivity contribution is -0.185. The van der Waals surface area contributed by atoms with Gasteiger partial charge in [0.05, 0.1) is 13.7 Å². The van der Waals surface area contributed by atoms with Gasteiger partial charge in [0.1, 0.15) is 5.75 Å². The van der Waals surface area contributed by atoms with Crippen molar-refractivity contribution < 1.29 is 23.9 Å². The first-order valence-corrected chi connectivity index (χ1v) is 8.88. The number of nitrogens with zero attached hydrogens (tertiary/aromatic N) is 1. The first kappa shape index (κ1) is 18.0. The van der Waals surface area contributed by atoms with Crippen molar-refractivity contribution in [2.45, 2.75) is 51.1 Å². The van der Waals surface area contributed by atoms with Crippen LogP contribution < -0.4 is 10.2 Å². The summed E-state index contributed by atoms with van der Waals surface area (Å²) in [5, 5.41) is 4.22. The number of hydrogen-bond acceptors (Lipinski definition) is 6. The summed E-state index contributed by atoms with van der Waals surface area (Å²) in [4.78, 5) is 11.2. The van der Waals surface area contributed by atoms with E-state index in [0.29, 0.717) is 19.0 Å². The van der Waals surface area contributed by atoms with E-state index in [9.17, 15) is 0 Å². The monoisotopic (exact) mass is 350 g/mol. The summed E-state index contributed by atoms with van der Waals surface area (Å²) in [6.07, 6.45) is 5.42. The summed E-state index contributed by atoms with van der Waals surface area (Å²) >= 11 is 0. The van der Waals surface area contributed by atoms with Gasteiger partial charge < -0.3 is 19.0 Å². The summed E-state index contributed by atoms with van der Waals surface area (Å²) in [5.74, 6) is 1.25. The van der Waals surface area contributed by atoms with Crippen molar-refractivity contribution in [3.05, 3.63) is 29.8 Å². The highest BCUT2D eigenvalue weighted by Crippen LogP contribution is 2.17. The highest BCUT2D eigenvalue weighted by Gasteiger charge is 2.18. The van der Waals surface area contributed by atoms with E-state index in [4.69, 9.17) is 23.9 Å². The Morgan fingerprint density at radius 2 is 1.68 bits per heavy atom. The van der Waals surface area contributed by atoms with Gasteiger partial charge in [0.2, 0.25) is 6.29 Å². The zero-order valence-corrected chi connectivity index (χ0v) is 14.6. The van der Waals surface area contributed by atoms with Crippen LogP contribution in [0.4, 0.5) is 0 Å². The second kappa shape index (κ2) is 9.60. The van der Waals surface area contributed by atoms with Gasteiger partial charge in [0.15, 0.2) is 12.1 Å². The molecule has 2 unspecified atom stereocenters. The van der Waals surface area contributed by atoms with E-state index < -0.39 is 0 Å². The van der Waals surface area contributed by atoms with Crippen molar-refractivity contribution in [2.75, 3.05) is 20.3 Å². The molecule has 0 aromatic heterocycles. The van der Waals surface area contributed by atoms with Crippen molar-refractivity contribution >= 4 is 5.84 Å². The molecule has 138 valence electrons. The summed E-state index contributed by atoms with van der Waals surface area (Å²) < 4.78 is 16.3. The Bertz CT molecular complexity index is 537. The van der Waals surface area contributed by atoms with Crippen molar-refractivity contribution in [1.29, 1.82) is 0 Å². The second-order valence-corrected chi connectivity index (χ2v) is 6.09. The molecule has 2 fully saturated rings. The highest BCUT2D eigenvalue weighted by atomic mass is 16.8. The van der Waals surface area contributed by atoms with E-state index in [2.05, 4.69) is 10.6 Å². The van der Waals surface area contributed by atoms with Gasteiger partial charge in [-0.2, -0.15) is 0 Å². The normalized spacial score (nSPS) is 24.6. The Morgan fingerprint density at radius 3 is 2.28 bits per heavy atom. The maximum absolute atomic E-state index is 5.64. The predicted molar refractivity (Wildman–Crippen MR) is 92.0 cm³/mol. The zero-order chi connectivity index (χ0) is 17.3. The Labute approximate surface area is 148 Å². The first-order chi connectivity index (χ1) is 12.3. The zero-order valence-electron chi connectivity index (χ0n) is 14.6. The summed E-state index contributed by atoms with van der Waals surface area (Å²) in [5.41, 5.74) is 3.71. The van der Waals surface area contributed by atoms with Crippen LogP contribution in [0.3, 0.4) is 0 Å². The topological polar surface area (TPSA) is 70.5 Å². The van der Waals surface area contributed by atoms with E-state index in [-0.39, 0.29) is 12.6 Å². The fourth-order valence-electron chi connectivity index (χ4n) is 2.71. The summed E-state index contributed by atoms with van der Waals surface area (Å²) in [6.45, 7) is 1.42. The highest BCUT2D eigenvalue weighted by molar-refractivity contribution is 5.97. The molecule has 2 aliphatic rings. The van der Waals surface area contributed by atoms with Gasteiger partial charge in [-0.1, -0.05) is 5.16 Å². The van der Waals surface area contributed by atoms with Crippen LogP contribution >= 0.6 is 0 Å². The molecular formula is C18H26N2O5. The third-order valence-corrected chi connectivity index (χ3v) is 4.19. The third kappa shape index (κ3) is 5.59.